The largest absolute Gasteiger partial charge is 0.340 e. The predicted octanol–water partition coefficient (Wildman–Crippen LogP) is 2.78. The van der Waals surface area contributed by atoms with Crippen molar-refractivity contribution in [2.45, 2.75) is 32.7 Å². The van der Waals surface area contributed by atoms with E-state index in [1.165, 1.54) is 10.5 Å². The van der Waals surface area contributed by atoms with Gasteiger partial charge in [-0.1, -0.05) is 38.1 Å². The van der Waals surface area contributed by atoms with Gasteiger partial charge in [-0.25, -0.2) is 4.98 Å². The van der Waals surface area contributed by atoms with Gasteiger partial charge in [0.1, 0.15) is 4.83 Å². The average Bonchev–Trinajstić information content (AvgIpc) is 3.01. The molecule has 0 radical (unpaired) electrons. The lowest BCUT2D eigenvalue weighted by atomic mass is 9.99. The van der Waals surface area contributed by atoms with Crippen molar-refractivity contribution in [1.29, 1.82) is 0 Å². The average molecular weight is 357 g/mol. The van der Waals surface area contributed by atoms with Gasteiger partial charge in [0, 0.05) is 23.9 Å². The second-order valence-electron chi connectivity index (χ2n) is 7.16. The van der Waals surface area contributed by atoms with Gasteiger partial charge >= 0.3 is 0 Å². The Kier molecular flexibility index (Phi) is 5.35. The van der Waals surface area contributed by atoms with Crippen molar-refractivity contribution >= 4 is 21.6 Å². The minimum absolute atomic E-state index is 0.0722. The molecule has 5 heteroatoms. The molecule has 0 amide bonds. The third-order valence-electron chi connectivity index (χ3n) is 4.52. The number of hydrogen-bond acceptors (Lipinski definition) is 3. The van der Waals surface area contributed by atoms with Crippen molar-refractivity contribution in [2.24, 2.45) is 0 Å². The topological polar surface area (TPSA) is 39.3 Å². The fourth-order valence-electron chi connectivity index (χ4n) is 2.99. The van der Waals surface area contributed by atoms with Crippen molar-refractivity contribution in [3.63, 3.8) is 0 Å². The van der Waals surface area contributed by atoms with Crippen molar-refractivity contribution in [3.05, 3.63) is 51.9 Å². The molecule has 0 saturated carbocycles. The molecule has 0 bridgehead atoms. The van der Waals surface area contributed by atoms with E-state index in [-0.39, 0.29) is 5.56 Å². The van der Waals surface area contributed by atoms with Crippen LogP contribution in [0.5, 0.6) is 0 Å². The molecule has 0 aliphatic heterocycles. The molecule has 3 aromatic rings. The van der Waals surface area contributed by atoms with Crippen LogP contribution in [0.1, 0.15) is 31.7 Å². The number of fused-ring (bicyclic) bond motifs is 1. The molecule has 2 aromatic heterocycles. The van der Waals surface area contributed by atoms with E-state index in [1.807, 2.05) is 0 Å². The van der Waals surface area contributed by atoms with E-state index in [4.69, 9.17) is 0 Å². The van der Waals surface area contributed by atoms with Crippen LogP contribution in [0.15, 0.2) is 40.8 Å². The van der Waals surface area contributed by atoms with Gasteiger partial charge in [-0.2, -0.15) is 0 Å². The van der Waals surface area contributed by atoms with Gasteiger partial charge in [-0.15, -0.1) is 11.3 Å². The van der Waals surface area contributed by atoms with E-state index in [0.29, 0.717) is 12.5 Å². The van der Waals surface area contributed by atoms with Crippen molar-refractivity contribution in [2.75, 3.05) is 20.6 Å². The molecule has 132 valence electrons. The van der Waals surface area contributed by atoms with E-state index >= 15 is 0 Å². The highest BCUT2D eigenvalue weighted by Crippen LogP contribution is 2.31. The van der Waals surface area contributed by atoms with Gasteiger partial charge in [0.15, 0.2) is 0 Å². The van der Waals surface area contributed by atoms with Gasteiger partial charge < -0.3 is 4.90 Å². The summed E-state index contributed by atoms with van der Waals surface area (Å²) >= 11 is 1.54. The quantitative estimate of drug-likeness (QED) is 0.738. The summed E-state index contributed by atoms with van der Waals surface area (Å²) in [4.78, 5) is 19.7. The molecule has 3 rings (SSSR count). The van der Waals surface area contributed by atoms with Gasteiger partial charge in [-0.3, -0.25) is 9.36 Å². The maximum atomic E-state index is 13.0. The number of quaternary nitrogens is 1. The van der Waals surface area contributed by atoms with Crippen LogP contribution >= 0.6 is 11.3 Å². The first-order chi connectivity index (χ1) is 12.0. The summed E-state index contributed by atoms with van der Waals surface area (Å²) in [7, 11) is 4.25. The summed E-state index contributed by atoms with van der Waals surface area (Å²) in [6.07, 6.45) is 2.66. The molecule has 4 nitrogen and oxygen atoms in total. The number of benzene rings is 1. The SMILES string of the molecule is CC(C)c1ccc(-c2csc3ncn(CCC[NH+](C)C)c(=O)c23)cc1. The van der Waals surface area contributed by atoms with E-state index < -0.39 is 0 Å². The van der Waals surface area contributed by atoms with Crippen LogP contribution in [-0.4, -0.2) is 30.2 Å². The molecule has 2 heterocycles. The molecular weight excluding hydrogens is 330 g/mol. The minimum Gasteiger partial charge on any atom is -0.340 e. The molecule has 0 fully saturated rings. The number of thiophene rings is 1. The van der Waals surface area contributed by atoms with Crippen molar-refractivity contribution in [3.8, 4) is 11.1 Å². The van der Waals surface area contributed by atoms with Crippen LogP contribution in [0, 0.1) is 0 Å². The molecule has 1 aromatic carbocycles. The second-order valence-corrected chi connectivity index (χ2v) is 8.02. The van der Waals surface area contributed by atoms with E-state index in [9.17, 15) is 4.79 Å². The smallest absolute Gasteiger partial charge is 0.262 e. The predicted molar refractivity (Wildman–Crippen MR) is 106 cm³/mol. The first-order valence-electron chi connectivity index (χ1n) is 8.83. The molecule has 0 saturated heterocycles. The third kappa shape index (κ3) is 3.83. The third-order valence-corrected chi connectivity index (χ3v) is 5.41. The molecule has 0 spiro atoms. The van der Waals surface area contributed by atoms with E-state index in [0.717, 1.165) is 34.3 Å². The molecule has 0 aliphatic carbocycles. The Morgan fingerprint density at radius 3 is 2.56 bits per heavy atom. The highest BCUT2D eigenvalue weighted by atomic mass is 32.1. The highest BCUT2D eigenvalue weighted by Gasteiger charge is 2.13. The molecule has 0 unspecified atom stereocenters. The Bertz CT molecular complexity index is 907. The maximum absolute atomic E-state index is 13.0. The molecule has 1 N–H and O–H groups in total. The fraction of sp³-hybridized carbons (Fsp3) is 0.400. The van der Waals surface area contributed by atoms with Crippen LogP contribution in [0.25, 0.3) is 21.3 Å². The van der Waals surface area contributed by atoms with Gasteiger partial charge in [0.25, 0.3) is 5.56 Å². The van der Waals surface area contributed by atoms with Gasteiger partial charge in [0.2, 0.25) is 0 Å². The maximum Gasteiger partial charge on any atom is 0.262 e. The lowest BCUT2D eigenvalue weighted by molar-refractivity contribution is -0.858. The van der Waals surface area contributed by atoms with E-state index in [1.54, 1.807) is 22.2 Å². The zero-order valence-electron chi connectivity index (χ0n) is 15.4. The zero-order valence-corrected chi connectivity index (χ0v) is 16.2. The number of nitrogens with one attached hydrogen (secondary N) is 1. The lowest BCUT2D eigenvalue weighted by Crippen LogP contribution is -3.05. The summed E-state index contributed by atoms with van der Waals surface area (Å²) in [6.45, 7) is 6.13. The Morgan fingerprint density at radius 1 is 1.20 bits per heavy atom. The number of aromatic nitrogens is 2. The van der Waals surface area contributed by atoms with Crippen molar-refractivity contribution < 1.29 is 4.90 Å². The van der Waals surface area contributed by atoms with Crippen LogP contribution in [0.3, 0.4) is 0 Å². The van der Waals surface area contributed by atoms with Gasteiger partial charge in [0.05, 0.1) is 32.4 Å². The Hall–Kier alpha value is -1.98. The minimum atomic E-state index is 0.0722. The summed E-state index contributed by atoms with van der Waals surface area (Å²) in [5.74, 6) is 0.506. The number of rotatable bonds is 6. The summed E-state index contributed by atoms with van der Waals surface area (Å²) in [5.41, 5.74) is 3.47. The zero-order chi connectivity index (χ0) is 18.0. The Balaban J connectivity index is 1.97. The van der Waals surface area contributed by atoms with Crippen LogP contribution < -0.4 is 10.5 Å². The summed E-state index contributed by atoms with van der Waals surface area (Å²) in [6, 6.07) is 8.53. The molecular formula is C20H26N3OS+. The highest BCUT2D eigenvalue weighted by molar-refractivity contribution is 7.17. The number of aryl methyl sites for hydroxylation is 1. The Morgan fingerprint density at radius 2 is 1.92 bits per heavy atom. The number of nitrogens with zero attached hydrogens (tertiary/aromatic N) is 2. The first kappa shape index (κ1) is 17.8. The lowest BCUT2D eigenvalue weighted by Gasteiger charge is -2.09. The van der Waals surface area contributed by atoms with Crippen LogP contribution in [-0.2, 0) is 6.54 Å². The van der Waals surface area contributed by atoms with Crippen molar-refractivity contribution in [1.82, 2.24) is 9.55 Å². The monoisotopic (exact) mass is 356 g/mol. The summed E-state index contributed by atoms with van der Waals surface area (Å²) in [5, 5.41) is 2.81. The molecule has 25 heavy (non-hydrogen) atoms. The fourth-order valence-corrected chi connectivity index (χ4v) is 3.90. The Labute approximate surface area is 152 Å². The normalized spacial score (nSPS) is 11.8. The summed E-state index contributed by atoms with van der Waals surface area (Å²) < 4.78 is 1.75. The van der Waals surface area contributed by atoms with Crippen LogP contribution in [0.2, 0.25) is 0 Å². The first-order valence-corrected chi connectivity index (χ1v) is 9.71. The van der Waals surface area contributed by atoms with Gasteiger partial charge in [-0.05, 0) is 17.0 Å². The second kappa shape index (κ2) is 7.50. The molecule has 0 atom stereocenters. The standard InChI is InChI=1S/C20H25N3OS/c1-14(2)15-6-8-16(9-7-15)17-12-25-19-18(17)20(24)23(13-21-19)11-5-10-22(3)4/h6-9,12-14H,5,10-11H2,1-4H3/p+1. The van der Waals surface area contributed by atoms with Crippen LogP contribution in [0.4, 0.5) is 0 Å². The van der Waals surface area contributed by atoms with E-state index in [2.05, 4.69) is 62.6 Å². The number of hydrogen-bond donors (Lipinski definition) is 1. The molecule has 0 aliphatic rings.